The van der Waals surface area contributed by atoms with Gasteiger partial charge in [-0.3, -0.25) is 0 Å². The Kier molecular flexibility index (Phi) is 3.53. The molecule has 5 heteroatoms. The van der Waals surface area contributed by atoms with Gasteiger partial charge in [-0.2, -0.15) is 0 Å². The van der Waals surface area contributed by atoms with Gasteiger partial charge in [0, 0.05) is 0 Å². The van der Waals surface area contributed by atoms with Crippen LogP contribution in [0.4, 0.5) is 0 Å². The molecule has 0 aliphatic carbocycles. The van der Waals surface area contributed by atoms with E-state index < -0.39 is 12.1 Å². The van der Waals surface area contributed by atoms with E-state index in [1.165, 1.54) is 0 Å². The van der Waals surface area contributed by atoms with E-state index in [1.54, 1.807) is 24.3 Å². The summed E-state index contributed by atoms with van der Waals surface area (Å²) in [5, 5.41) is 19.0. The molecule has 0 saturated carbocycles. The molecule has 1 heterocycles. The van der Waals surface area contributed by atoms with E-state index in [9.17, 15) is 9.90 Å². The molecule has 1 aliphatic rings. The fraction of sp³-hybridized carbons (Fsp3) is 0.308. The van der Waals surface area contributed by atoms with Gasteiger partial charge in [0.1, 0.15) is 6.10 Å². The van der Waals surface area contributed by atoms with Crippen molar-refractivity contribution in [2.24, 2.45) is 0 Å². The third kappa shape index (κ3) is 2.31. The maximum atomic E-state index is 11.1. The molecule has 96 valence electrons. The van der Waals surface area contributed by atoms with Gasteiger partial charge in [-0.15, -0.1) is 0 Å². The monoisotopic (exact) mass is 250 g/mol. The number of para-hydroxylation sites is 2. The zero-order valence-corrected chi connectivity index (χ0v) is 9.92. The molecule has 1 aromatic rings. The number of benzene rings is 1. The van der Waals surface area contributed by atoms with Crippen LogP contribution in [0.25, 0.3) is 0 Å². The van der Waals surface area contributed by atoms with Crippen molar-refractivity contribution in [3.05, 3.63) is 35.8 Å². The van der Waals surface area contributed by atoms with Gasteiger partial charge in [-0.25, -0.2) is 4.79 Å². The fourth-order valence-corrected chi connectivity index (χ4v) is 1.72. The Balaban J connectivity index is 2.37. The fourth-order valence-electron chi connectivity index (χ4n) is 1.72. The summed E-state index contributed by atoms with van der Waals surface area (Å²) in [4.78, 5) is 11.1. The Bertz CT molecular complexity index is 492. The van der Waals surface area contributed by atoms with Gasteiger partial charge in [0.05, 0.1) is 0 Å². The Morgan fingerprint density at radius 1 is 1.28 bits per heavy atom. The molecular formula is C13H14O5. The third-order valence-corrected chi connectivity index (χ3v) is 2.56. The molecule has 1 atom stereocenters. The summed E-state index contributed by atoms with van der Waals surface area (Å²) in [6.07, 6.45) is 0.148. The van der Waals surface area contributed by atoms with Crippen LogP contribution in [0.2, 0.25) is 0 Å². The molecule has 0 bridgehead atoms. The molecule has 0 spiro atoms. The Hall–Kier alpha value is -2.01. The second-order valence-corrected chi connectivity index (χ2v) is 3.95. The molecule has 1 unspecified atom stereocenters. The minimum Gasteiger partial charge on any atom is -0.475 e. The lowest BCUT2D eigenvalue weighted by atomic mass is 10.1. The highest BCUT2D eigenvalue weighted by molar-refractivity contribution is 5.86. The van der Waals surface area contributed by atoms with E-state index in [1.807, 2.05) is 6.92 Å². The molecule has 2 N–H and O–H groups in total. The lowest BCUT2D eigenvalue weighted by molar-refractivity contribution is -0.135. The van der Waals surface area contributed by atoms with Crippen LogP contribution < -0.4 is 9.47 Å². The number of hydrogen-bond donors (Lipinski definition) is 2. The van der Waals surface area contributed by atoms with Crippen LogP contribution in [0.15, 0.2) is 35.8 Å². The molecule has 5 nitrogen and oxygen atoms in total. The predicted molar refractivity (Wildman–Crippen MR) is 63.3 cm³/mol. The molecule has 1 aromatic carbocycles. The molecule has 0 amide bonds. The van der Waals surface area contributed by atoms with Gasteiger partial charge in [-0.05, 0) is 18.6 Å². The van der Waals surface area contributed by atoms with Gasteiger partial charge in [-0.1, -0.05) is 25.5 Å². The summed E-state index contributed by atoms with van der Waals surface area (Å²) in [6, 6.07) is 6.74. The molecule has 0 radical (unpaired) electrons. The number of hydrogen-bond acceptors (Lipinski definition) is 4. The molecule has 0 fully saturated rings. The number of carbonyl (C=O) groups is 1. The zero-order chi connectivity index (χ0) is 13.1. The summed E-state index contributed by atoms with van der Waals surface area (Å²) < 4.78 is 10.7. The van der Waals surface area contributed by atoms with E-state index in [0.29, 0.717) is 24.3 Å². The van der Waals surface area contributed by atoms with E-state index in [-0.39, 0.29) is 11.5 Å². The maximum absolute atomic E-state index is 11.1. The zero-order valence-electron chi connectivity index (χ0n) is 9.92. The first-order chi connectivity index (χ1) is 8.63. The molecular weight excluding hydrogens is 236 g/mol. The Morgan fingerprint density at radius 3 is 2.44 bits per heavy atom. The number of aliphatic hydroxyl groups is 1. The first kappa shape index (κ1) is 12.4. The van der Waals surface area contributed by atoms with Crippen LogP contribution in [0.5, 0.6) is 11.5 Å². The van der Waals surface area contributed by atoms with Gasteiger partial charge >= 0.3 is 5.97 Å². The van der Waals surface area contributed by atoms with E-state index in [4.69, 9.17) is 14.6 Å². The minimum absolute atomic E-state index is 0.0388. The summed E-state index contributed by atoms with van der Waals surface area (Å²) in [5.74, 6) is -0.901. The van der Waals surface area contributed by atoms with Crippen molar-refractivity contribution in [2.75, 3.05) is 0 Å². The summed E-state index contributed by atoms with van der Waals surface area (Å²) in [7, 11) is 0. The summed E-state index contributed by atoms with van der Waals surface area (Å²) in [6.45, 7) is 1.89. The van der Waals surface area contributed by atoms with Crippen LogP contribution >= 0.6 is 0 Å². The molecule has 2 rings (SSSR count). The quantitative estimate of drug-likeness (QED) is 0.853. The number of fused-ring (bicyclic) bond motifs is 1. The number of aliphatic carboxylic acids is 1. The van der Waals surface area contributed by atoms with Gasteiger partial charge in [0.25, 0.3) is 5.76 Å². The summed E-state index contributed by atoms with van der Waals surface area (Å²) in [5.41, 5.74) is 0. The van der Waals surface area contributed by atoms with E-state index >= 15 is 0 Å². The second-order valence-electron chi connectivity index (χ2n) is 3.95. The van der Waals surface area contributed by atoms with Crippen LogP contribution in [0.3, 0.4) is 0 Å². The van der Waals surface area contributed by atoms with Crippen molar-refractivity contribution in [3.63, 3.8) is 0 Å². The first-order valence-corrected chi connectivity index (χ1v) is 5.73. The standard InChI is InChI=1S/C13H14O5/c1-2-5-8(14)11-12(13(15)16)18-10-7-4-3-6-9(10)17-11/h3-4,6-8,14H,2,5H2,1H3,(H,15,16). The topological polar surface area (TPSA) is 76.0 Å². The smallest absolute Gasteiger partial charge is 0.375 e. The second kappa shape index (κ2) is 5.10. The van der Waals surface area contributed by atoms with Crippen molar-refractivity contribution < 1.29 is 24.5 Å². The largest absolute Gasteiger partial charge is 0.475 e. The van der Waals surface area contributed by atoms with Crippen molar-refractivity contribution in [1.29, 1.82) is 0 Å². The average molecular weight is 250 g/mol. The molecule has 0 saturated heterocycles. The molecule has 1 aliphatic heterocycles. The van der Waals surface area contributed by atoms with Gasteiger partial charge in [0.2, 0.25) is 0 Å². The first-order valence-electron chi connectivity index (χ1n) is 5.73. The van der Waals surface area contributed by atoms with Crippen molar-refractivity contribution in [2.45, 2.75) is 25.9 Å². The predicted octanol–water partition coefficient (Wildman–Crippen LogP) is 1.91. The Labute approximate surface area is 104 Å². The number of carboxylic acids is 1. The van der Waals surface area contributed by atoms with E-state index in [0.717, 1.165) is 0 Å². The summed E-state index contributed by atoms with van der Waals surface area (Å²) >= 11 is 0. The van der Waals surface area contributed by atoms with Crippen LogP contribution in [0.1, 0.15) is 19.8 Å². The highest BCUT2D eigenvalue weighted by atomic mass is 16.6. The lowest BCUT2D eigenvalue weighted by Crippen LogP contribution is -2.26. The van der Waals surface area contributed by atoms with Gasteiger partial charge < -0.3 is 19.7 Å². The van der Waals surface area contributed by atoms with Gasteiger partial charge in [0.15, 0.2) is 17.3 Å². The molecule has 18 heavy (non-hydrogen) atoms. The molecule has 0 aromatic heterocycles. The maximum Gasteiger partial charge on any atom is 0.375 e. The SMILES string of the molecule is CCCC(O)C1=C(C(=O)O)Oc2ccccc2O1. The van der Waals surface area contributed by atoms with Crippen LogP contribution in [-0.2, 0) is 4.79 Å². The highest BCUT2D eigenvalue weighted by Gasteiger charge is 2.30. The van der Waals surface area contributed by atoms with Crippen LogP contribution in [-0.4, -0.2) is 22.3 Å². The van der Waals surface area contributed by atoms with Crippen molar-refractivity contribution >= 4 is 5.97 Å². The lowest BCUT2D eigenvalue weighted by Gasteiger charge is -2.24. The number of rotatable bonds is 4. The number of ether oxygens (including phenoxy) is 2. The number of carboxylic acid groups (broad SMARTS) is 1. The van der Waals surface area contributed by atoms with Crippen molar-refractivity contribution in [1.82, 2.24) is 0 Å². The van der Waals surface area contributed by atoms with Crippen molar-refractivity contribution in [3.8, 4) is 11.5 Å². The highest BCUT2D eigenvalue weighted by Crippen LogP contribution is 2.36. The third-order valence-electron chi connectivity index (χ3n) is 2.56. The average Bonchev–Trinajstić information content (AvgIpc) is 2.37. The minimum atomic E-state index is -1.25. The van der Waals surface area contributed by atoms with E-state index in [2.05, 4.69) is 0 Å². The number of aliphatic hydroxyl groups excluding tert-OH is 1. The normalized spacial score (nSPS) is 15.4. The Morgan fingerprint density at radius 2 is 1.89 bits per heavy atom. The van der Waals surface area contributed by atoms with Crippen LogP contribution in [0, 0.1) is 0 Å².